The first-order valence-electron chi connectivity index (χ1n) is 8.61. The Morgan fingerprint density at radius 3 is 2.88 bits per heavy atom. The second kappa shape index (κ2) is 5.89. The molecular weight excluding hydrogens is 304 g/mol. The summed E-state index contributed by atoms with van der Waals surface area (Å²) in [4.78, 5) is 19.7. The minimum atomic E-state index is 0.118. The lowest BCUT2D eigenvalue weighted by atomic mass is 9.85. The number of nitrogens with zero attached hydrogens (tertiary/aromatic N) is 4. The van der Waals surface area contributed by atoms with E-state index in [9.17, 15) is 4.79 Å². The third kappa shape index (κ3) is 2.53. The number of carbonyl (C=O) groups excluding carboxylic acids is 1. The summed E-state index contributed by atoms with van der Waals surface area (Å²) in [6.45, 7) is 4.00. The topological polar surface area (TPSA) is 88.5 Å². The van der Waals surface area contributed by atoms with Crippen molar-refractivity contribution in [2.75, 3.05) is 0 Å². The van der Waals surface area contributed by atoms with Gasteiger partial charge in [0.25, 0.3) is 0 Å². The van der Waals surface area contributed by atoms with Crippen LogP contribution in [0.1, 0.15) is 45.6 Å². The fourth-order valence-corrected chi connectivity index (χ4v) is 3.68. The molecule has 1 amide bonds. The van der Waals surface area contributed by atoms with Crippen LogP contribution in [0.2, 0.25) is 0 Å². The summed E-state index contributed by atoms with van der Waals surface area (Å²) in [5.74, 6) is 0.302. The summed E-state index contributed by atoms with van der Waals surface area (Å²) >= 11 is 0. The number of amides is 1. The minimum absolute atomic E-state index is 0.118. The van der Waals surface area contributed by atoms with Crippen LogP contribution in [-0.4, -0.2) is 36.9 Å². The van der Waals surface area contributed by atoms with Crippen LogP contribution in [0.3, 0.4) is 0 Å². The summed E-state index contributed by atoms with van der Waals surface area (Å²) in [5.41, 5.74) is 2.72. The van der Waals surface area contributed by atoms with E-state index in [0.29, 0.717) is 6.04 Å². The van der Waals surface area contributed by atoms with Crippen LogP contribution in [0.5, 0.6) is 0 Å². The normalized spacial score (nSPS) is 21.6. The second-order valence-corrected chi connectivity index (χ2v) is 6.93. The van der Waals surface area contributed by atoms with Crippen LogP contribution >= 0.6 is 0 Å². The van der Waals surface area contributed by atoms with Crippen LogP contribution in [0.4, 0.5) is 0 Å². The molecule has 0 bridgehead atoms. The molecule has 1 aliphatic rings. The molecule has 0 unspecified atom stereocenters. The van der Waals surface area contributed by atoms with E-state index in [-0.39, 0.29) is 17.9 Å². The van der Waals surface area contributed by atoms with E-state index in [1.54, 1.807) is 6.20 Å². The van der Waals surface area contributed by atoms with Gasteiger partial charge in [-0.1, -0.05) is 5.21 Å². The van der Waals surface area contributed by atoms with Crippen molar-refractivity contribution in [1.29, 1.82) is 0 Å². The fourth-order valence-electron chi connectivity index (χ4n) is 3.68. The van der Waals surface area contributed by atoms with Crippen molar-refractivity contribution in [3.05, 3.63) is 18.5 Å². The quantitative estimate of drug-likeness (QED) is 0.774. The van der Waals surface area contributed by atoms with Crippen LogP contribution < -0.4 is 5.32 Å². The zero-order valence-electron chi connectivity index (χ0n) is 14.0. The van der Waals surface area contributed by atoms with Crippen molar-refractivity contribution >= 4 is 28.0 Å². The lowest BCUT2D eigenvalue weighted by molar-refractivity contribution is -0.126. The summed E-state index contributed by atoms with van der Waals surface area (Å²) < 4.78 is 2.03. The highest BCUT2D eigenvalue weighted by Gasteiger charge is 2.29. The number of H-pyrrole nitrogens is 1. The van der Waals surface area contributed by atoms with Gasteiger partial charge in [-0.15, -0.1) is 5.10 Å². The Kier molecular flexibility index (Phi) is 3.70. The minimum Gasteiger partial charge on any atom is -0.354 e. The smallest absolute Gasteiger partial charge is 0.223 e. The number of pyridine rings is 1. The first-order chi connectivity index (χ1) is 11.6. The van der Waals surface area contributed by atoms with E-state index in [1.807, 2.05) is 30.8 Å². The van der Waals surface area contributed by atoms with E-state index in [4.69, 9.17) is 0 Å². The predicted molar refractivity (Wildman–Crippen MR) is 91.5 cm³/mol. The lowest BCUT2D eigenvalue weighted by Crippen LogP contribution is -2.37. The highest BCUT2D eigenvalue weighted by molar-refractivity contribution is 6.00. The molecule has 0 atom stereocenters. The maximum absolute atomic E-state index is 12.2. The number of hydrogen-bond donors (Lipinski definition) is 2. The Morgan fingerprint density at radius 1 is 1.33 bits per heavy atom. The van der Waals surface area contributed by atoms with Gasteiger partial charge in [0, 0.05) is 23.5 Å². The highest BCUT2D eigenvalue weighted by atomic mass is 16.1. The zero-order chi connectivity index (χ0) is 16.7. The molecule has 126 valence electrons. The summed E-state index contributed by atoms with van der Waals surface area (Å²) in [5, 5.41) is 12.7. The molecule has 1 aliphatic carbocycles. The molecule has 2 N–H and O–H groups in total. The molecule has 4 rings (SSSR count). The third-order valence-corrected chi connectivity index (χ3v) is 4.86. The molecular formula is C17H22N6O. The van der Waals surface area contributed by atoms with Crippen molar-refractivity contribution in [2.45, 2.75) is 51.6 Å². The molecule has 7 heteroatoms. The van der Waals surface area contributed by atoms with Gasteiger partial charge >= 0.3 is 0 Å². The van der Waals surface area contributed by atoms with Crippen molar-refractivity contribution < 1.29 is 4.79 Å². The predicted octanol–water partition coefficient (Wildman–Crippen LogP) is 2.56. The summed E-state index contributed by atoms with van der Waals surface area (Å²) in [7, 11) is 0. The van der Waals surface area contributed by atoms with Crippen LogP contribution in [0.25, 0.3) is 22.1 Å². The Hall–Kier alpha value is -2.44. The first kappa shape index (κ1) is 15.1. The van der Waals surface area contributed by atoms with Crippen LogP contribution in [0, 0.1) is 5.92 Å². The van der Waals surface area contributed by atoms with E-state index in [2.05, 4.69) is 25.6 Å². The van der Waals surface area contributed by atoms with Crippen molar-refractivity contribution in [3.8, 4) is 0 Å². The largest absolute Gasteiger partial charge is 0.354 e. The number of nitrogens with one attached hydrogen (secondary N) is 2. The average molecular weight is 326 g/mol. The maximum Gasteiger partial charge on any atom is 0.223 e. The van der Waals surface area contributed by atoms with Gasteiger partial charge in [-0.2, -0.15) is 0 Å². The van der Waals surface area contributed by atoms with Crippen molar-refractivity contribution in [3.63, 3.8) is 0 Å². The Balaban J connectivity index is 1.57. The Morgan fingerprint density at radius 2 is 2.12 bits per heavy atom. The molecule has 24 heavy (non-hydrogen) atoms. The lowest BCUT2D eigenvalue weighted by Gasteiger charge is -2.28. The maximum atomic E-state index is 12.2. The molecule has 0 aliphatic heterocycles. The molecule has 3 heterocycles. The van der Waals surface area contributed by atoms with Crippen LogP contribution in [-0.2, 0) is 4.79 Å². The SMILES string of the molecule is CC(C)NC(=O)C1CCC(n2nnc3cnc4[nH]ccc4c32)CC1. The van der Waals surface area contributed by atoms with Crippen LogP contribution in [0.15, 0.2) is 18.5 Å². The number of rotatable bonds is 3. The highest BCUT2D eigenvalue weighted by Crippen LogP contribution is 2.34. The molecule has 0 spiro atoms. The third-order valence-electron chi connectivity index (χ3n) is 4.86. The fraction of sp³-hybridized carbons (Fsp3) is 0.529. The number of aromatic amines is 1. The van der Waals surface area contributed by atoms with E-state index in [1.165, 1.54) is 0 Å². The number of fused-ring (bicyclic) bond motifs is 3. The van der Waals surface area contributed by atoms with E-state index in [0.717, 1.165) is 47.8 Å². The average Bonchev–Trinajstić information content (AvgIpc) is 3.20. The molecule has 7 nitrogen and oxygen atoms in total. The number of aromatic nitrogens is 5. The van der Waals surface area contributed by atoms with Gasteiger partial charge in [0.15, 0.2) is 0 Å². The van der Waals surface area contributed by atoms with Gasteiger partial charge in [0.1, 0.15) is 16.7 Å². The molecule has 1 saturated carbocycles. The van der Waals surface area contributed by atoms with E-state index >= 15 is 0 Å². The Bertz CT molecular complexity index is 872. The van der Waals surface area contributed by atoms with Gasteiger partial charge in [0.2, 0.25) is 5.91 Å². The van der Waals surface area contributed by atoms with Crippen molar-refractivity contribution in [1.82, 2.24) is 30.3 Å². The summed E-state index contributed by atoms with van der Waals surface area (Å²) in [6.07, 6.45) is 7.34. The molecule has 3 aromatic rings. The van der Waals surface area contributed by atoms with Gasteiger partial charge in [0.05, 0.1) is 12.2 Å². The number of hydrogen-bond acceptors (Lipinski definition) is 4. The molecule has 1 fully saturated rings. The monoisotopic (exact) mass is 326 g/mol. The number of carbonyl (C=O) groups is 1. The summed E-state index contributed by atoms with van der Waals surface area (Å²) in [6, 6.07) is 2.51. The van der Waals surface area contributed by atoms with Crippen molar-refractivity contribution in [2.24, 2.45) is 5.92 Å². The van der Waals surface area contributed by atoms with E-state index < -0.39 is 0 Å². The first-order valence-corrected chi connectivity index (χ1v) is 8.61. The zero-order valence-corrected chi connectivity index (χ0v) is 14.0. The standard InChI is InChI=1S/C17H22N6O/c1-10(2)20-17(24)11-3-5-12(6-4-11)23-15-13-7-8-18-16(13)19-9-14(15)21-22-23/h7-12H,3-6H2,1-2H3,(H,18,19)(H,20,24). The van der Waals surface area contributed by atoms with Gasteiger partial charge in [-0.05, 0) is 45.6 Å². The van der Waals surface area contributed by atoms with Gasteiger partial charge in [-0.3, -0.25) is 4.79 Å². The Labute approximate surface area is 139 Å². The second-order valence-electron chi connectivity index (χ2n) is 6.93. The van der Waals surface area contributed by atoms with Gasteiger partial charge in [-0.25, -0.2) is 9.67 Å². The van der Waals surface area contributed by atoms with Gasteiger partial charge < -0.3 is 10.3 Å². The molecule has 0 aromatic carbocycles. The molecule has 0 radical (unpaired) electrons. The molecule has 3 aromatic heterocycles. The molecule has 0 saturated heterocycles.